The van der Waals surface area contributed by atoms with Crippen LogP contribution in [0.3, 0.4) is 0 Å². The predicted molar refractivity (Wildman–Crippen MR) is 81.1 cm³/mol. The number of rotatable bonds is 4. The Labute approximate surface area is 120 Å². The summed E-state index contributed by atoms with van der Waals surface area (Å²) >= 11 is 0. The summed E-state index contributed by atoms with van der Waals surface area (Å²) in [5, 5.41) is 9.00. The van der Waals surface area contributed by atoms with E-state index in [9.17, 15) is 0 Å². The van der Waals surface area contributed by atoms with Gasteiger partial charge in [0.2, 0.25) is 0 Å². The van der Waals surface area contributed by atoms with Crippen LogP contribution in [0.25, 0.3) is 5.69 Å². The van der Waals surface area contributed by atoms with Gasteiger partial charge >= 0.3 is 0 Å². The summed E-state index contributed by atoms with van der Waals surface area (Å²) in [6.45, 7) is 4.28. The maximum Gasteiger partial charge on any atom is 0.0455 e. The summed E-state index contributed by atoms with van der Waals surface area (Å²) in [5.74, 6) is 0. The van der Waals surface area contributed by atoms with E-state index >= 15 is 0 Å². The van der Waals surface area contributed by atoms with Crippen molar-refractivity contribution in [3.8, 4) is 5.69 Å². The number of benzene rings is 1. The second kappa shape index (κ2) is 6.75. The number of aryl methyl sites for hydroxylation is 1. The van der Waals surface area contributed by atoms with Crippen molar-refractivity contribution < 1.29 is 5.11 Å². The van der Waals surface area contributed by atoms with Crippen molar-refractivity contribution in [3.63, 3.8) is 0 Å². The van der Waals surface area contributed by atoms with Crippen LogP contribution in [0.2, 0.25) is 0 Å². The Hall–Kier alpha value is -1.29. The largest absolute Gasteiger partial charge is 0.396 e. The normalized spacial score (nSPS) is 12.0. The highest BCUT2D eigenvalue weighted by atomic mass is 35.5. The Balaban J connectivity index is 0.00000180. The van der Waals surface area contributed by atoms with Gasteiger partial charge in [0.25, 0.3) is 0 Å². The first-order chi connectivity index (χ1) is 8.65. The lowest BCUT2D eigenvalue weighted by molar-refractivity contribution is 0.276. The lowest BCUT2D eigenvalue weighted by Crippen LogP contribution is -2.13. The summed E-state index contributed by atoms with van der Waals surface area (Å²) < 4.78 is 2.20. The minimum atomic E-state index is -0.0985. The maximum atomic E-state index is 9.00. The SMILES string of the molecule is Cc1cc(C(N)CCO)c(C)n1-c1ccccc1.Cl. The van der Waals surface area contributed by atoms with Gasteiger partial charge in [0.15, 0.2) is 0 Å². The molecule has 104 valence electrons. The van der Waals surface area contributed by atoms with Crippen LogP contribution in [0, 0.1) is 13.8 Å². The molecule has 0 aliphatic rings. The Morgan fingerprint density at radius 1 is 1.21 bits per heavy atom. The van der Waals surface area contributed by atoms with Gasteiger partial charge in [-0.05, 0) is 44.0 Å². The molecule has 4 heteroatoms. The molecule has 2 rings (SSSR count). The maximum absolute atomic E-state index is 9.00. The van der Waals surface area contributed by atoms with Crippen LogP contribution in [-0.2, 0) is 0 Å². The van der Waals surface area contributed by atoms with Gasteiger partial charge < -0.3 is 15.4 Å². The van der Waals surface area contributed by atoms with Crippen molar-refractivity contribution in [1.29, 1.82) is 0 Å². The van der Waals surface area contributed by atoms with Crippen molar-refractivity contribution in [1.82, 2.24) is 4.57 Å². The quantitative estimate of drug-likeness (QED) is 0.905. The zero-order chi connectivity index (χ0) is 13.1. The summed E-state index contributed by atoms with van der Waals surface area (Å²) in [6.07, 6.45) is 0.596. The van der Waals surface area contributed by atoms with Gasteiger partial charge in [0.1, 0.15) is 0 Å². The molecule has 0 saturated carbocycles. The van der Waals surface area contributed by atoms with Crippen LogP contribution in [0.15, 0.2) is 36.4 Å². The molecule has 0 spiro atoms. The van der Waals surface area contributed by atoms with Gasteiger partial charge in [-0.2, -0.15) is 0 Å². The Kier molecular flexibility index (Phi) is 5.60. The van der Waals surface area contributed by atoms with Gasteiger partial charge in [-0.25, -0.2) is 0 Å². The molecular formula is C15H21ClN2O. The number of hydrogen-bond acceptors (Lipinski definition) is 2. The molecule has 0 fully saturated rings. The van der Waals surface area contributed by atoms with E-state index in [1.54, 1.807) is 0 Å². The first-order valence-corrected chi connectivity index (χ1v) is 6.26. The highest BCUT2D eigenvalue weighted by Crippen LogP contribution is 2.25. The highest BCUT2D eigenvalue weighted by Gasteiger charge is 2.15. The molecule has 0 amide bonds. The van der Waals surface area contributed by atoms with Crippen molar-refractivity contribution in [2.24, 2.45) is 5.73 Å². The zero-order valence-corrected chi connectivity index (χ0v) is 12.2. The average Bonchev–Trinajstić information content (AvgIpc) is 2.66. The standard InChI is InChI=1S/C15H20N2O.ClH/c1-11-10-14(15(16)8-9-18)12(2)17(11)13-6-4-3-5-7-13;/h3-7,10,15,18H,8-9,16H2,1-2H3;1H. The van der Waals surface area contributed by atoms with Gasteiger partial charge in [-0.15, -0.1) is 12.4 Å². The minimum Gasteiger partial charge on any atom is -0.396 e. The molecule has 2 aromatic rings. The van der Waals surface area contributed by atoms with Crippen molar-refractivity contribution >= 4 is 12.4 Å². The molecule has 19 heavy (non-hydrogen) atoms. The van der Waals surface area contributed by atoms with Crippen LogP contribution in [0.1, 0.15) is 29.4 Å². The first-order valence-electron chi connectivity index (χ1n) is 6.26. The first kappa shape index (κ1) is 15.8. The lowest BCUT2D eigenvalue weighted by atomic mass is 10.1. The van der Waals surface area contributed by atoms with Crippen molar-refractivity contribution in [2.45, 2.75) is 26.3 Å². The van der Waals surface area contributed by atoms with E-state index in [4.69, 9.17) is 10.8 Å². The van der Waals surface area contributed by atoms with Crippen molar-refractivity contribution in [3.05, 3.63) is 53.3 Å². The van der Waals surface area contributed by atoms with E-state index in [-0.39, 0.29) is 25.1 Å². The Morgan fingerprint density at radius 3 is 2.42 bits per heavy atom. The van der Waals surface area contributed by atoms with Crippen LogP contribution in [-0.4, -0.2) is 16.3 Å². The van der Waals surface area contributed by atoms with Crippen LogP contribution < -0.4 is 5.73 Å². The second-order valence-corrected chi connectivity index (χ2v) is 4.62. The Bertz CT molecular complexity index is 522. The smallest absolute Gasteiger partial charge is 0.0455 e. The fourth-order valence-corrected chi connectivity index (χ4v) is 2.43. The summed E-state index contributed by atoms with van der Waals surface area (Å²) in [4.78, 5) is 0. The average molecular weight is 281 g/mol. The number of aliphatic hydroxyl groups is 1. The van der Waals surface area contributed by atoms with Gasteiger partial charge in [-0.3, -0.25) is 0 Å². The summed E-state index contributed by atoms with van der Waals surface area (Å²) in [6, 6.07) is 12.3. The lowest BCUT2D eigenvalue weighted by Gasteiger charge is -2.12. The number of halogens is 1. The molecule has 1 atom stereocenters. The molecule has 0 saturated heterocycles. The van der Waals surface area contributed by atoms with Gasteiger partial charge in [-0.1, -0.05) is 18.2 Å². The number of nitrogens with zero attached hydrogens (tertiary/aromatic N) is 1. The number of aliphatic hydroxyl groups excluding tert-OH is 1. The molecule has 1 aromatic carbocycles. The number of aromatic nitrogens is 1. The molecule has 1 aromatic heterocycles. The van der Waals surface area contributed by atoms with Crippen molar-refractivity contribution in [2.75, 3.05) is 6.61 Å². The molecule has 0 aliphatic carbocycles. The second-order valence-electron chi connectivity index (χ2n) is 4.62. The molecule has 1 heterocycles. The van der Waals surface area contributed by atoms with Crippen LogP contribution in [0.4, 0.5) is 0 Å². The monoisotopic (exact) mass is 280 g/mol. The van der Waals surface area contributed by atoms with E-state index in [1.165, 1.54) is 5.69 Å². The number of nitrogens with two attached hydrogens (primary N) is 1. The van der Waals surface area contributed by atoms with Crippen LogP contribution >= 0.6 is 12.4 Å². The van der Waals surface area contributed by atoms with E-state index in [2.05, 4.69) is 36.6 Å². The zero-order valence-electron chi connectivity index (χ0n) is 11.3. The fourth-order valence-electron chi connectivity index (χ4n) is 2.43. The summed E-state index contributed by atoms with van der Waals surface area (Å²) in [5.41, 5.74) is 10.7. The van der Waals surface area contributed by atoms with Gasteiger partial charge in [0, 0.05) is 29.7 Å². The molecule has 0 bridgehead atoms. The summed E-state index contributed by atoms with van der Waals surface area (Å²) in [7, 11) is 0. The minimum absolute atomic E-state index is 0. The predicted octanol–water partition coefficient (Wildman–Crippen LogP) is 2.90. The van der Waals surface area contributed by atoms with E-state index < -0.39 is 0 Å². The van der Waals surface area contributed by atoms with E-state index in [1.807, 2.05) is 18.2 Å². The molecule has 3 nitrogen and oxygen atoms in total. The number of para-hydroxylation sites is 1. The Morgan fingerprint density at radius 2 is 1.84 bits per heavy atom. The third-order valence-electron chi connectivity index (χ3n) is 3.32. The van der Waals surface area contributed by atoms with Crippen LogP contribution in [0.5, 0.6) is 0 Å². The topological polar surface area (TPSA) is 51.2 Å². The fraction of sp³-hybridized carbons (Fsp3) is 0.333. The molecule has 0 radical (unpaired) electrons. The van der Waals surface area contributed by atoms with E-state index in [0.717, 1.165) is 16.9 Å². The van der Waals surface area contributed by atoms with Gasteiger partial charge in [0.05, 0.1) is 0 Å². The molecule has 1 unspecified atom stereocenters. The molecular weight excluding hydrogens is 260 g/mol. The third-order valence-corrected chi connectivity index (χ3v) is 3.32. The molecule has 3 N–H and O–H groups in total. The molecule has 0 aliphatic heterocycles. The van der Waals surface area contributed by atoms with E-state index in [0.29, 0.717) is 6.42 Å². The third kappa shape index (κ3) is 3.18. The highest BCUT2D eigenvalue weighted by molar-refractivity contribution is 5.85. The number of hydrogen-bond donors (Lipinski definition) is 2.